The van der Waals surface area contributed by atoms with Crippen LogP contribution in [0.2, 0.25) is 0 Å². The molecule has 1 fully saturated rings. The van der Waals surface area contributed by atoms with Crippen LogP contribution in [0.1, 0.15) is 42.9 Å². The molecule has 1 saturated heterocycles. The van der Waals surface area contributed by atoms with Crippen LogP contribution < -0.4 is 20.5 Å². The number of carbonyl (C=O) groups is 2. The Bertz CT molecular complexity index is 1180. The monoisotopic (exact) mass is 437 g/mol. The Morgan fingerprint density at radius 3 is 2.72 bits per heavy atom. The number of pyridine rings is 1. The van der Waals surface area contributed by atoms with E-state index in [-0.39, 0.29) is 23.6 Å². The highest BCUT2D eigenvalue weighted by atomic mass is 16.5. The Morgan fingerprint density at radius 1 is 1.34 bits per heavy atom. The van der Waals surface area contributed by atoms with Gasteiger partial charge in [-0.25, -0.2) is 9.97 Å². The molecule has 1 unspecified atom stereocenters. The maximum atomic E-state index is 12.2. The number of hydrogen-bond donors (Lipinski definition) is 2. The van der Waals surface area contributed by atoms with E-state index >= 15 is 0 Å². The highest BCUT2D eigenvalue weighted by molar-refractivity contribution is 6.06. The number of benzene rings is 1. The SMILES string of the molecule is Cc1nc(-c2cnc(OCC3CCC(=O)N3)c3cc(OC(C)C)c(C(N)=O)cc23)cn1C. The van der Waals surface area contributed by atoms with Crippen molar-refractivity contribution in [2.45, 2.75) is 45.8 Å². The second-order valence-electron chi connectivity index (χ2n) is 8.30. The van der Waals surface area contributed by atoms with Gasteiger partial charge in [-0.1, -0.05) is 0 Å². The number of nitrogens with two attached hydrogens (primary N) is 1. The zero-order valence-corrected chi connectivity index (χ0v) is 18.6. The minimum absolute atomic E-state index is 0.0241. The normalized spacial score (nSPS) is 15.9. The third-order valence-corrected chi connectivity index (χ3v) is 5.47. The zero-order chi connectivity index (χ0) is 23.0. The molecule has 2 amide bonds. The van der Waals surface area contributed by atoms with E-state index in [1.807, 2.05) is 38.6 Å². The Labute approximate surface area is 185 Å². The van der Waals surface area contributed by atoms with E-state index in [1.165, 1.54) is 0 Å². The first kappa shape index (κ1) is 21.6. The molecule has 168 valence electrons. The zero-order valence-electron chi connectivity index (χ0n) is 18.6. The van der Waals surface area contributed by atoms with Crippen molar-refractivity contribution in [1.82, 2.24) is 19.9 Å². The molecule has 32 heavy (non-hydrogen) atoms. The van der Waals surface area contributed by atoms with Crippen LogP contribution >= 0.6 is 0 Å². The third-order valence-electron chi connectivity index (χ3n) is 5.47. The Morgan fingerprint density at radius 2 is 2.12 bits per heavy atom. The first-order chi connectivity index (χ1) is 15.2. The van der Waals surface area contributed by atoms with Crippen LogP contribution in [0.15, 0.2) is 24.5 Å². The highest BCUT2D eigenvalue weighted by Crippen LogP contribution is 2.37. The fourth-order valence-electron chi connectivity index (χ4n) is 3.78. The second kappa shape index (κ2) is 8.49. The minimum Gasteiger partial charge on any atom is -0.490 e. The smallest absolute Gasteiger partial charge is 0.252 e. The van der Waals surface area contributed by atoms with E-state index in [0.717, 1.165) is 28.9 Å². The summed E-state index contributed by atoms with van der Waals surface area (Å²) >= 11 is 0. The Kier molecular flexibility index (Phi) is 5.73. The molecule has 3 N–H and O–H groups in total. The van der Waals surface area contributed by atoms with Crippen LogP contribution in [0.4, 0.5) is 0 Å². The molecule has 0 radical (unpaired) electrons. The van der Waals surface area contributed by atoms with E-state index in [9.17, 15) is 9.59 Å². The summed E-state index contributed by atoms with van der Waals surface area (Å²) < 4.78 is 13.8. The summed E-state index contributed by atoms with van der Waals surface area (Å²) in [6, 6.07) is 3.39. The van der Waals surface area contributed by atoms with Gasteiger partial charge in [0.15, 0.2) is 0 Å². The van der Waals surface area contributed by atoms with Crippen LogP contribution in [-0.2, 0) is 11.8 Å². The number of amides is 2. The van der Waals surface area contributed by atoms with E-state index in [4.69, 9.17) is 15.2 Å². The van der Waals surface area contributed by atoms with Crippen molar-refractivity contribution in [3.8, 4) is 22.9 Å². The van der Waals surface area contributed by atoms with Gasteiger partial charge in [0.1, 0.15) is 18.2 Å². The summed E-state index contributed by atoms with van der Waals surface area (Å²) in [7, 11) is 1.91. The molecule has 0 aliphatic carbocycles. The predicted octanol–water partition coefficient (Wildman–Crippen LogP) is 2.49. The molecular formula is C23H27N5O4. The topological polar surface area (TPSA) is 121 Å². The number of nitrogens with one attached hydrogen (secondary N) is 1. The van der Waals surface area contributed by atoms with Gasteiger partial charge in [0, 0.05) is 36.8 Å². The number of aryl methyl sites for hydroxylation is 2. The first-order valence-electron chi connectivity index (χ1n) is 10.6. The van der Waals surface area contributed by atoms with Gasteiger partial charge in [0.05, 0.1) is 23.4 Å². The number of fused-ring (bicyclic) bond motifs is 1. The van der Waals surface area contributed by atoms with Gasteiger partial charge in [0.2, 0.25) is 11.8 Å². The molecule has 1 atom stereocenters. The van der Waals surface area contributed by atoms with Gasteiger partial charge in [-0.05, 0) is 44.7 Å². The molecule has 0 spiro atoms. The standard InChI is InChI=1S/C23H27N5O4/c1-12(2)32-20-8-16-15(7-17(20)22(24)30)18(19-10-28(4)13(3)26-19)9-25-23(16)31-11-14-5-6-21(29)27-14/h7-10,12,14H,5-6,11H2,1-4H3,(H2,24,30)(H,27,29). The summed E-state index contributed by atoms with van der Waals surface area (Å²) in [6.45, 7) is 5.96. The number of hydrogen-bond acceptors (Lipinski definition) is 6. The number of aromatic nitrogens is 3. The van der Waals surface area contributed by atoms with E-state index < -0.39 is 5.91 Å². The third kappa shape index (κ3) is 4.23. The number of primary amides is 1. The molecule has 0 saturated carbocycles. The lowest BCUT2D eigenvalue weighted by Crippen LogP contribution is -2.31. The van der Waals surface area contributed by atoms with Crippen molar-refractivity contribution < 1.29 is 19.1 Å². The van der Waals surface area contributed by atoms with Crippen molar-refractivity contribution in [2.24, 2.45) is 12.8 Å². The molecule has 1 aliphatic rings. The van der Waals surface area contributed by atoms with Crippen LogP contribution in [0, 0.1) is 6.92 Å². The lowest BCUT2D eigenvalue weighted by Gasteiger charge is -2.17. The Hall–Kier alpha value is -3.62. The largest absolute Gasteiger partial charge is 0.490 e. The number of rotatable bonds is 7. The van der Waals surface area contributed by atoms with Crippen molar-refractivity contribution in [3.05, 3.63) is 35.9 Å². The highest BCUT2D eigenvalue weighted by Gasteiger charge is 2.23. The molecule has 3 heterocycles. The second-order valence-corrected chi connectivity index (χ2v) is 8.30. The molecule has 1 aliphatic heterocycles. The average Bonchev–Trinajstić information content (AvgIpc) is 3.29. The summed E-state index contributed by atoms with van der Waals surface area (Å²) in [4.78, 5) is 32.9. The number of ether oxygens (including phenoxy) is 2. The molecule has 2 aromatic heterocycles. The molecular weight excluding hydrogens is 410 g/mol. The molecule has 9 nitrogen and oxygen atoms in total. The Balaban J connectivity index is 1.85. The van der Waals surface area contributed by atoms with Crippen molar-refractivity contribution in [3.63, 3.8) is 0 Å². The van der Waals surface area contributed by atoms with Gasteiger partial charge in [-0.15, -0.1) is 0 Å². The lowest BCUT2D eigenvalue weighted by atomic mass is 10.0. The van der Waals surface area contributed by atoms with Crippen molar-refractivity contribution in [1.29, 1.82) is 0 Å². The van der Waals surface area contributed by atoms with Gasteiger partial charge in [-0.3, -0.25) is 9.59 Å². The van der Waals surface area contributed by atoms with Crippen LogP contribution in [0.5, 0.6) is 11.6 Å². The van der Waals surface area contributed by atoms with Gasteiger partial charge < -0.3 is 25.1 Å². The number of carbonyl (C=O) groups excluding carboxylic acids is 2. The minimum atomic E-state index is -0.585. The number of imidazole rings is 1. The van der Waals surface area contributed by atoms with Crippen molar-refractivity contribution in [2.75, 3.05) is 6.61 Å². The molecule has 1 aromatic carbocycles. The fraction of sp³-hybridized carbons (Fsp3) is 0.391. The van der Waals surface area contributed by atoms with Gasteiger partial charge in [-0.2, -0.15) is 0 Å². The molecule has 3 aromatic rings. The summed E-state index contributed by atoms with van der Waals surface area (Å²) in [5.74, 6) is 1.05. The average molecular weight is 438 g/mol. The summed E-state index contributed by atoms with van der Waals surface area (Å²) in [5.41, 5.74) is 7.42. The van der Waals surface area contributed by atoms with Crippen LogP contribution in [0.3, 0.4) is 0 Å². The summed E-state index contributed by atoms with van der Waals surface area (Å²) in [6.07, 6.45) is 4.64. The predicted molar refractivity (Wildman–Crippen MR) is 120 cm³/mol. The van der Waals surface area contributed by atoms with E-state index in [0.29, 0.717) is 30.0 Å². The van der Waals surface area contributed by atoms with Crippen molar-refractivity contribution >= 4 is 22.6 Å². The fourth-order valence-corrected chi connectivity index (χ4v) is 3.78. The maximum absolute atomic E-state index is 12.2. The molecule has 4 rings (SSSR count). The molecule has 9 heteroatoms. The van der Waals surface area contributed by atoms with Gasteiger partial charge >= 0.3 is 0 Å². The quantitative estimate of drug-likeness (QED) is 0.586. The molecule has 0 bridgehead atoms. The number of nitrogens with zero attached hydrogens (tertiary/aromatic N) is 3. The van der Waals surface area contributed by atoms with E-state index in [1.54, 1.807) is 18.3 Å². The van der Waals surface area contributed by atoms with Crippen LogP contribution in [-0.4, -0.2) is 45.1 Å². The summed E-state index contributed by atoms with van der Waals surface area (Å²) in [5, 5.41) is 4.30. The lowest BCUT2D eigenvalue weighted by molar-refractivity contribution is -0.119. The maximum Gasteiger partial charge on any atom is 0.252 e. The van der Waals surface area contributed by atoms with E-state index in [2.05, 4.69) is 15.3 Å². The first-order valence-corrected chi connectivity index (χ1v) is 10.6. The van der Waals surface area contributed by atoms with Crippen LogP contribution in [0.25, 0.3) is 22.0 Å². The van der Waals surface area contributed by atoms with Gasteiger partial charge in [0.25, 0.3) is 5.91 Å².